The molecule has 1 fully saturated rings. The predicted octanol–water partition coefficient (Wildman–Crippen LogP) is 3.02. The Labute approximate surface area is 119 Å². The summed E-state index contributed by atoms with van der Waals surface area (Å²) in [4.78, 5) is 13.1. The van der Waals surface area contributed by atoms with Crippen LogP contribution in [0.5, 0.6) is 0 Å². The molecule has 1 N–H and O–H groups in total. The lowest BCUT2D eigenvalue weighted by Gasteiger charge is -2.32. The van der Waals surface area contributed by atoms with Crippen molar-refractivity contribution in [1.29, 1.82) is 0 Å². The molecule has 0 unspecified atom stereocenters. The maximum absolute atomic E-state index is 11.2. The highest BCUT2D eigenvalue weighted by Crippen LogP contribution is 2.28. The Morgan fingerprint density at radius 1 is 1.37 bits per heavy atom. The predicted molar refractivity (Wildman–Crippen MR) is 76.0 cm³/mol. The minimum Gasteiger partial charge on any atom is -0.388 e. The van der Waals surface area contributed by atoms with Crippen molar-refractivity contribution in [2.45, 2.75) is 32.3 Å². The van der Waals surface area contributed by atoms with Gasteiger partial charge in [-0.1, -0.05) is 23.7 Å². The quantitative estimate of drug-likeness (QED) is 0.925. The number of carbonyl (C=O) groups excluding carboxylic acids is 1. The van der Waals surface area contributed by atoms with Gasteiger partial charge >= 0.3 is 0 Å². The highest BCUT2D eigenvalue weighted by molar-refractivity contribution is 6.30. The largest absolute Gasteiger partial charge is 0.388 e. The van der Waals surface area contributed by atoms with E-state index in [1.807, 2.05) is 17.0 Å². The monoisotopic (exact) mass is 281 g/mol. The molecule has 1 atom stereocenters. The molecule has 104 valence electrons. The van der Waals surface area contributed by atoms with Crippen LogP contribution in [0, 0.1) is 5.92 Å². The lowest BCUT2D eigenvalue weighted by atomic mass is 9.89. The molecule has 0 spiro atoms. The lowest BCUT2D eigenvalue weighted by Crippen LogP contribution is -2.37. The van der Waals surface area contributed by atoms with Crippen LogP contribution in [-0.4, -0.2) is 29.0 Å². The van der Waals surface area contributed by atoms with Crippen molar-refractivity contribution in [3.05, 3.63) is 34.9 Å². The molecule has 1 amide bonds. The molecular formula is C15H20ClNO2. The number of likely N-dealkylation sites (tertiary alicyclic amines) is 1. The SMILES string of the molecule is CC(=O)N1CCC(C[C@@H](O)c2ccc(Cl)cc2)CC1. The molecule has 0 aliphatic carbocycles. The van der Waals surface area contributed by atoms with E-state index in [2.05, 4.69) is 0 Å². The first-order valence-corrected chi connectivity index (χ1v) is 7.13. The second kappa shape index (κ2) is 6.40. The molecule has 1 heterocycles. The number of hydrogen-bond acceptors (Lipinski definition) is 2. The third-order valence-electron chi connectivity index (χ3n) is 3.87. The van der Waals surface area contributed by atoms with E-state index in [1.54, 1.807) is 19.1 Å². The van der Waals surface area contributed by atoms with E-state index in [4.69, 9.17) is 11.6 Å². The Morgan fingerprint density at radius 2 is 1.95 bits per heavy atom. The fourth-order valence-electron chi connectivity index (χ4n) is 2.62. The molecule has 1 aliphatic rings. The van der Waals surface area contributed by atoms with Gasteiger partial charge in [-0.25, -0.2) is 0 Å². The molecule has 1 aromatic carbocycles. The summed E-state index contributed by atoms with van der Waals surface area (Å²) in [5.41, 5.74) is 0.915. The number of carbonyl (C=O) groups is 1. The van der Waals surface area contributed by atoms with Gasteiger partial charge in [0, 0.05) is 25.0 Å². The summed E-state index contributed by atoms with van der Waals surface area (Å²) < 4.78 is 0. The summed E-state index contributed by atoms with van der Waals surface area (Å²) in [7, 11) is 0. The van der Waals surface area contributed by atoms with Crippen LogP contribution in [0.15, 0.2) is 24.3 Å². The average Bonchev–Trinajstić information content (AvgIpc) is 2.40. The summed E-state index contributed by atoms with van der Waals surface area (Å²) in [6.07, 6.45) is 2.27. The molecule has 1 saturated heterocycles. The zero-order chi connectivity index (χ0) is 13.8. The third-order valence-corrected chi connectivity index (χ3v) is 4.12. The minimum absolute atomic E-state index is 0.150. The molecule has 0 aromatic heterocycles. The van der Waals surface area contributed by atoms with E-state index in [9.17, 15) is 9.90 Å². The van der Waals surface area contributed by atoms with Gasteiger partial charge in [-0.3, -0.25) is 4.79 Å². The number of aliphatic hydroxyl groups is 1. The molecule has 4 heteroatoms. The van der Waals surface area contributed by atoms with Crippen molar-refractivity contribution in [3.63, 3.8) is 0 Å². The van der Waals surface area contributed by atoms with Crippen LogP contribution in [-0.2, 0) is 4.79 Å². The summed E-state index contributed by atoms with van der Waals surface area (Å²) in [6, 6.07) is 7.35. The number of halogens is 1. The standard InChI is InChI=1S/C15H20ClNO2/c1-11(18)17-8-6-12(7-9-17)10-15(19)13-2-4-14(16)5-3-13/h2-5,12,15,19H,6-10H2,1H3/t15-/m1/s1. The van der Waals surface area contributed by atoms with Crippen molar-refractivity contribution in [2.75, 3.05) is 13.1 Å². The second-order valence-corrected chi connectivity index (χ2v) is 5.69. The summed E-state index contributed by atoms with van der Waals surface area (Å²) >= 11 is 5.83. The van der Waals surface area contributed by atoms with Gasteiger partial charge in [0.25, 0.3) is 0 Å². The number of benzene rings is 1. The fraction of sp³-hybridized carbons (Fsp3) is 0.533. The zero-order valence-corrected chi connectivity index (χ0v) is 11.9. The van der Waals surface area contributed by atoms with Gasteiger partial charge in [0.2, 0.25) is 5.91 Å². The van der Waals surface area contributed by atoms with E-state index >= 15 is 0 Å². The Bertz CT molecular complexity index is 424. The molecule has 1 aliphatic heterocycles. The van der Waals surface area contributed by atoms with Gasteiger partial charge in [0.15, 0.2) is 0 Å². The molecule has 3 nitrogen and oxygen atoms in total. The molecule has 0 saturated carbocycles. The Hall–Kier alpha value is -1.06. The van der Waals surface area contributed by atoms with E-state index in [1.165, 1.54) is 0 Å². The fourth-order valence-corrected chi connectivity index (χ4v) is 2.75. The maximum Gasteiger partial charge on any atom is 0.219 e. The van der Waals surface area contributed by atoms with Gasteiger partial charge in [-0.05, 0) is 42.9 Å². The van der Waals surface area contributed by atoms with Crippen LogP contribution in [0.25, 0.3) is 0 Å². The topological polar surface area (TPSA) is 40.5 Å². The highest BCUT2D eigenvalue weighted by atomic mass is 35.5. The molecule has 2 rings (SSSR count). The number of nitrogens with zero attached hydrogens (tertiary/aromatic N) is 1. The normalized spacial score (nSPS) is 18.4. The number of amides is 1. The molecule has 1 aromatic rings. The first-order valence-electron chi connectivity index (χ1n) is 6.75. The summed E-state index contributed by atoms with van der Waals surface area (Å²) in [5, 5.41) is 10.9. The zero-order valence-electron chi connectivity index (χ0n) is 11.2. The van der Waals surface area contributed by atoms with Crippen molar-refractivity contribution in [1.82, 2.24) is 4.90 Å². The van der Waals surface area contributed by atoms with Gasteiger partial charge < -0.3 is 10.0 Å². The number of aliphatic hydroxyl groups excluding tert-OH is 1. The Kier molecular flexibility index (Phi) is 4.83. The Balaban J connectivity index is 1.85. The van der Waals surface area contributed by atoms with E-state index in [0.29, 0.717) is 10.9 Å². The number of piperidine rings is 1. The second-order valence-electron chi connectivity index (χ2n) is 5.25. The van der Waals surface area contributed by atoms with Gasteiger partial charge in [-0.15, -0.1) is 0 Å². The minimum atomic E-state index is -0.439. The van der Waals surface area contributed by atoms with E-state index < -0.39 is 6.10 Å². The van der Waals surface area contributed by atoms with Crippen LogP contribution in [0.1, 0.15) is 37.9 Å². The van der Waals surface area contributed by atoms with Crippen molar-refractivity contribution in [3.8, 4) is 0 Å². The smallest absolute Gasteiger partial charge is 0.219 e. The van der Waals surface area contributed by atoms with Gasteiger partial charge in [0.05, 0.1) is 6.10 Å². The number of hydrogen-bond donors (Lipinski definition) is 1. The summed E-state index contributed by atoms with van der Waals surface area (Å²) in [5.74, 6) is 0.637. The van der Waals surface area contributed by atoms with Crippen LogP contribution in [0.3, 0.4) is 0 Å². The van der Waals surface area contributed by atoms with Gasteiger partial charge in [0.1, 0.15) is 0 Å². The van der Waals surface area contributed by atoms with E-state index in [-0.39, 0.29) is 5.91 Å². The van der Waals surface area contributed by atoms with E-state index in [0.717, 1.165) is 37.9 Å². The van der Waals surface area contributed by atoms with Crippen molar-refractivity contribution >= 4 is 17.5 Å². The van der Waals surface area contributed by atoms with Gasteiger partial charge in [-0.2, -0.15) is 0 Å². The van der Waals surface area contributed by atoms with Crippen LogP contribution in [0.4, 0.5) is 0 Å². The third kappa shape index (κ3) is 3.95. The first kappa shape index (κ1) is 14.4. The maximum atomic E-state index is 11.2. The van der Waals surface area contributed by atoms with Crippen LogP contribution in [0.2, 0.25) is 5.02 Å². The average molecular weight is 282 g/mol. The van der Waals surface area contributed by atoms with Crippen LogP contribution < -0.4 is 0 Å². The number of rotatable bonds is 3. The molecule has 19 heavy (non-hydrogen) atoms. The van der Waals surface area contributed by atoms with Crippen molar-refractivity contribution in [2.24, 2.45) is 5.92 Å². The molecule has 0 bridgehead atoms. The molecular weight excluding hydrogens is 262 g/mol. The summed E-state index contributed by atoms with van der Waals surface area (Å²) in [6.45, 7) is 3.24. The first-order chi connectivity index (χ1) is 9.06. The lowest BCUT2D eigenvalue weighted by molar-refractivity contribution is -0.130. The van der Waals surface area contributed by atoms with Crippen molar-refractivity contribution < 1.29 is 9.90 Å². The Morgan fingerprint density at radius 3 is 2.47 bits per heavy atom. The highest BCUT2D eigenvalue weighted by Gasteiger charge is 2.23. The van der Waals surface area contributed by atoms with Crippen LogP contribution >= 0.6 is 11.6 Å². The molecule has 0 radical (unpaired) electrons.